The van der Waals surface area contributed by atoms with Crippen LogP contribution in [0.3, 0.4) is 0 Å². The van der Waals surface area contributed by atoms with Crippen molar-refractivity contribution in [2.24, 2.45) is 0 Å². The van der Waals surface area contributed by atoms with Gasteiger partial charge in [-0.05, 0) is 6.92 Å². The molecule has 0 saturated heterocycles. The second-order valence-corrected chi connectivity index (χ2v) is 0.926. The van der Waals surface area contributed by atoms with Crippen molar-refractivity contribution in [3.8, 4) is 0 Å². The van der Waals surface area contributed by atoms with Gasteiger partial charge in [-0.1, -0.05) is 0 Å². The van der Waals surface area contributed by atoms with Crippen LogP contribution in [0, 0.1) is 6.92 Å². The van der Waals surface area contributed by atoms with Crippen LogP contribution in [0.5, 0.6) is 0 Å². The van der Waals surface area contributed by atoms with Gasteiger partial charge in [-0.3, -0.25) is 10.3 Å². The number of aromatic nitrogens is 4. The number of aryl methyl sites for hydroxylation is 1. The normalized spacial score (nSPS) is 7.25. The van der Waals surface area contributed by atoms with E-state index in [0.29, 0.717) is 5.82 Å². The van der Waals surface area contributed by atoms with E-state index in [1.165, 1.54) is 0 Å². The van der Waals surface area contributed by atoms with Crippen LogP contribution < -0.4 is 5.10 Å². The monoisotopic (exact) mass is 200 g/mol. The number of nitrogens with zero attached hydrogens (tertiary/aromatic N) is 4. The molecule has 1 heterocycles. The van der Waals surface area contributed by atoms with Crippen LogP contribution in [0.25, 0.3) is 0 Å². The molecule has 0 bridgehead atoms. The first kappa shape index (κ1) is 7.56. The standard InChI is InChI=1S/C2H3N4.CH2.Rh/c1-2-3-5-6-4-2;;/h1H3;1H2;/q-1;;. The van der Waals surface area contributed by atoms with Crippen LogP contribution in [0.15, 0.2) is 0 Å². The van der Waals surface area contributed by atoms with Crippen molar-refractivity contribution in [1.82, 2.24) is 20.6 Å². The molecule has 0 radical (unpaired) electrons. The number of rotatable bonds is 0. The van der Waals surface area contributed by atoms with E-state index in [9.17, 15) is 0 Å². The minimum absolute atomic E-state index is 0.620. The Morgan fingerprint density at radius 2 is 2.25 bits per heavy atom. The van der Waals surface area contributed by atoms with Gasteiger partial charge in [0.1, 0.15) is 0 Å². The summed E-state index contributed by atoms with van der Waals surface area (Å²) >= 11 is 2.30. The second kappa shape index (κ2) is 4.72. The van der Waals surface area contributed by atoms with Gasteiger partial charge in [-0.2, -0.15) is 5.21 Å². The van der Waals surface area contributed by atoms with Crippen LogP contribution in [0.4, 0.5) is 0 Å². The summed E-state index contributed by atoms with van der Waals surface area (Å²) in [6.07, 6.45) is 0. The van der Waals surface area contributed by atoms with Crippen molar-refractivity contribution in [2.45, 2.75) is 6.92 Å². The molecular formula is C3H5N4Rh-. The molecule has 0 aliphatic carbocycles. The van der Waals surface area contributed by atoms with Gasteiger partial charge in [0.05, 0.1) is 0 Å². The topological polar surface area (TPSA) is 52.8 Å². The molecule has 1 aromatic heterocycles. The van der Waals surface area contributed by atoms with Crippen LogP contribution >= 0.6 is 0 Å². The SMILES string of the molecule is Cc1nnn[n-]1.[CH2]=[Rh]. The minimum atomic E-state index is 0.620. The Balaban J connectivity index is 0.000000222. The molecule has 47 valence electrons. The summed E-state index contributed by atoms with van der Waals surface area (Å²) in [6, 6.07) is 0. The third kappa shape index (κ3) is 2.69. The Kier molecular flexibility index (Phi) is 4.46. The number of hydrogen-bond acceptors (Lipinski definition) is 3. The van der Waals surface area contributed by atoms with Crippen molar-refractivity contribution >= 4 is 5.11 Å². The maximum absolute atomic E-state index is 3.44. The van der Waals surface area contributed by atoms with E-state index in [0.717, 1.165) is 0 Å². The quantitative estimate of drug-likeness (QED) is 0.509. The molecule has 0 spiro atoms. The molecule has 0 fully saturated rings. The van der Waals surface area contributed by atoms with Crippen LogP contribution in [-0.2, 0) is 17.9 Å². The molecule has 5 heteroatoms. The molecule has 0 aliphatic heterocycles. The van der Waals surface area contributed by atoms with E-state index < -0.39 is 0 Å². The van der Waals surface area contributed by atoms with Gasteiger partial charge >= 0.3 is 23.0 Å². The van der Waals surface area contributed by atoms with Gasteiger partial charge in [0.2, 0.25) is 0 Å². The predicted octanol–water partition coefficient (Wildman–Crippen LogP) is -0.898. The van der Waals surface area contributed by atoms with Crippen molar-refractivity contribution < 1.29 is 17.9 Å². The van der Waals surface area contributed by atoms with E-state index >= 15 is 0 Å². The van der Waals surface area contributed by atoms with Gasteiger partial charge in [-0.25, -0.2) is 0 Å². The Morgan fingerprint density at radius 3 is 2.38 bits per heavy atom. The number of tetrazole rings is 1. The summed E-state index contributed by atoms with van der Waals surface area (Å²) in [5.41, 5.74) is 0. The van der Waals surface area contributed by atoms with Crippen molar-refractivity contribution in [2.75, 3.05) is 0 Å². The second-order valence-electron chi connectivity index (χ2n) is 0.926. The van der Waals surface area contributed by atoms with Crippen LogP contribution in [0.1, 0.15) is 5.82 Å². The first-order valence-electron chi connectivity index (χ1n) is 1.78. The summed E-state index contributed by atoms with van der Waals surface area (Å²) in [4.78, 5) is 0. The van der Waals surface area contributed by atoms with Crippen molar-refractivity contribution in [3.05, 3.63) is 5.82 Å². The molecule has 0 unspecified atom stereocenters. The first-order valence-corrected chi connectivity index (χ1v) is 2.94. The molecule has 1 rings (SSSR count). The average Bonchev–Trinajstić information content (AvgIpc) is 2.24. The third-order valence-corrected chi connectivity index (χ3v) is 0.419. The van der Waals surface area contributed by atoms with E-state index in [2.05, 4.69) is 43.6 Å². The predicted molar refractivity (Wildman–Crippen MR) is 25.0 cm³/mol. The summed E-state index contributed by atoms with van der Waals surface area (Å²) in [5.74, 6) is 0.620. The van der Waals surface area contributed by atoms with Crippen LogP contribution in [0.2, 0.25) is 0 Å². The zero-order chi connectivity index (χ0) is 6.41. The zero-order valence-electron chi connectivity index (χ0n) is 4.33. The summed E-state index contributed by atoms with van der Waals surface area (Å²) in [6.45, 7) is 1.74. The third-order valence-electron chi connectivity index (χ3n) is 0.419. The molecule has 0 aliphatic rings. The average molecular weight is 200 g/mol. The van der Waals surface area contributed by atoms with Crippen molar-refractivity contribution in [1.29, 1.82) is 0 Å². The Labute approximate surface area is 56.9 Å². The Hall–Kier alpha value is -0.437. The summed E-state index contributed by atoms with van der Waals surface area (Å²) in [7, 11) is 0. The fraction of sp³-hybridized carbons (Fsp3) is 0.333. The summed E-state index contributed by atoms with van der Waals surface area (Å²) in [5, 5.41) is 16.5. The fourth-order valence-electron chi connectivity index (χ4n) is 0.189. The van der Waals surface area contributed by atoms with E-state index in [1.54, 1.807) is 6.92 Å². The first-order chi connectivity index (χ1) is 3.89. The van der Waals surface area contributed by atoms with Gasteiger partial charge in [0.15, 0.2) is 0 Å². The van der Waals surface area contributed by atoms with Gasteiger partial charge in [-0.15, -0.1) is 0 Å². The molecule has 8 heavy (non-hydrogen) atoms. The van der Waals surface area contributed by atoms with Gasteiger partial charge in [0, 0.05) is 5.82 Å². The molecular weight excluding hydrogens is 195 g/mol. The molecule has 0 amide bonds. The van der Waals surface area contributed by atoms with E-state index in [1.807, 2.05) is 0 Å². The number of hydrogen-bond donors (Lipinski definition) is 0. The molecule has 0 N–H and O–H groups in total. The molecule has 0 saturated carbocycles. The molecule has 0 atom stereocenters. The zero-order valence-corrected chi connectivity index (χ0v) is 5.97. The molecule has 0 aromatic carbocycles. The van der Waals surface area contributed by atoms with Crippen LogP contribution in [-0.4, -0.2) is 20.6 Å². The van der Waals surface area contributed by atoms with Crippen molar-refractivity contribution in [3.63, 3.8) is 0 Å². The summed E-state index contributed by atoms with van der Waals surface area (Å²) < 4.78 is 0. The van der Waals surface area contributed by atoms with E-state index in [4.69, 9.17) is 0 Å². The van der Waals surface area contributed by atoms with E-state index in [-0.39, 0.29) is 0 Å². The fourth-order valence-corrected chi connectivity index (χ4v) is 0.189. The Bertz CT molecular complexity index is 126. The molecule has 1 aromatic rings. The Morgan fingerprint density at radius 1 is 1.62 bits per heavy atom. The van der Waals surface area contributed by atoms with Gasteiger partial charge in [0.25, 0.3) is 0 Å². The maximum atomic E-state index is 3.44. The van der Waals surface area contributed by atoms with Gasteiger partial charge < -0.3 is 5.10 Å². The molecule has 4 nitrogen and oxygen atoms in total.